The third kappa shape index (κ3) is 3.69. The van der Waals surface area contributed by atoms with E-state index in [9.17, 15) is 9.70 Å². The molecule has 1 heterocycles. The molecule has 1 aliphatic heterocycles. The van der Waals surface area contributed by atoms with E-state index in [4.69, 9.17) is 4.74 Å². The standard InChI is InChI=1S/C19H20N2O3S/c1-24-19(22)17-12-16(25)13-20(17)21(23)18(14-8-4-2-5-9-14)15-10-6-3-7-11-15/h2-11,16-18H,12-13H2,1H3/p+1. The number of methoxy groups -OCH3 is 1. The van der Waals surface area contributed by atoms with E-state index >= 15 is 0 Å². The molecule has 2 aromatic carbocycles. The van der Waals surface area contributed by atoms with Crippen LogP contribution >= 0.6 is 12.6 Å². The fraction of sp³-hybridized carbons (Fsp3) is 0.316. The second-order valence-electron chi connectivity index (χ2n) is 6.08. The van der Waals surface area contributed by atoms with Gasteiger partial charge in [0, 0.05) is 16.4 Å². The Hall–Kier alpha value is -2.34. The second-order valence-corrected chi connectivity index (χ2v) is 6.81. The first-order valence-corrected chi connectivity index (χ1v) is 8.72. The molecule has 0 saturated carbocycles. The van der Waals surface area contributed by atoms with Gasteiger partial charge in [-0.2, -0.15) is 12.6 Å². The first-order valence-electron chi connectivity index (χ1n) is 8.20. The average Bonchev–Trinajstić information content (AvgIpc) is 3.05. The molecule has 0 spiro atoms. The second kappa shape index (κ2) is 7.70. The molecule has 1 fully saturated rings. The van der Waals surface area contributed by atoms with Crippen LogP contribution in [-0.2, 0) is 9.53 Å². The van der Waals surface area contributed by atoms with Gasteiger partial charge in [-0.15, -0.1) is 5.01 Å². The average molecular weight is 357 g/mol. The Bertz CT molecular complexity index is 699. The van der Waals surface area contributed by atoms with Gasteiger partial charge in [0.2, 0.25) is 0 Å². The number of nitrogens with zero attached hydrogens (tertiary/aromatic N) is 2. The summed E-state index contributed by atoms with van der Waals surface area (Å²) < 4.78 is 4.87. The van der Waals surface area contributed by atoms with Gasteiger partial charge in [-0.05, 0) is 6.42 Å². The number of hydrogen-bond donors (Lipinski definition) is 1. The Morgan fingerprint density at radius 2 is 1.64 bits per heavy atom. The van der Waals surface area contributed by atoms with Crippen molar-refractivity contribution >= 4 is 18.6 Å². The summed E-state index contributed by atoms with van der Waals surface area (Å²) in [5.41, 5.74) is 1.74. The molecule has 130 valence electrons. The summed E-state index contributed by atoms with van der Waals surface area (Å²) in [6.07, 6.45) is 0.491. The van der Waals surface area contributed by atoms with Crippen molar-refractivity contribution < 1.29 is 14.4 Å². The molecule has 1 aliphatic rings. The van der Waals surface area contributed by atoms with Crippen LogP contribution in [0.2, 0.25) is 0 Å². The number of thiol groups is 1. The topological polar surface area (TPSA) is 49.6 Å². The molecule has 0 aliphatic carbocycles. The lowest BCUT2D eigenvalue weighted by Crippen LogP contribution is -2.44. The first-order chi connectivity index (χ1) is 12.1. The first kappa shape index (κ1) is 17.5. The number of nitroso groups, excluding NO2 is 1. The van der Waals surface area contributed by atoms with Crippen LogP contribution in [0, 0.1) is 4.91 Å². The minimum atomic E-state index is -0.611. The molecule has 5 nitrogen and oxygen atoms in total. The summed E-state index contributed by atoms with van der Waals surface area (Å²) in [5, 5.41) is 1.49. The Labute approximate surface area is 152 Å². The number of carbonyl (C=O) groups is 1. The lowest BCUT2D eigenvalue weighted by Gasteiger charge is -2.20. The van der Waals surface area contributed by atoms with Crippen LogP contribution < -0.4 is 0 Å². The molecule has 0 amide bonds. The largest absolute Gasteiger partial charge is 0.467 e. The van der Waals surface area contributed by atoms with Crippen molar-refractivity contribution in [3.05, 3.63) is 76.7 Å². The summed E-state index contributed by atoms with van der Waals surface area (Å²) in [7, 11) is 1.34. The maximum atomic E-state index is 13.3. The third-order valence-corrected chi connectivity index (χ3v) is 4.80. The molecule has 0 aromatic heterocycles. The van der Waals surface area contributed by atoms with Crippen LogP contribution in [0.3, 0.4) is 0 Å². The monoisotopic (exact) mass is 357 g/mol. The van der Waals surface area contributed by atoms with Crippen LogP contribution in [-0.4, -0.2) is 40.8 Å². The highest BCUT2D eigenvalue weighted by atomic mass is 32.1. The molecule has 2 unspecified atom stereocenters. The van der Waals surface area contributed by atoms with Crippen molar-refractivity contribution in [2.75, 3.05) is 13.7 Å². The molecule has 2 aromatic rings. The van der Waals surface area contributed by atoms with Crippen molar-refractivity contribution in [1.82, 2.24) is 5.01 Å². The van der Waals surface area contributed by atoms with E-state index in [1.54, 1.807) is 0 Å². The molecule has 1 saturated heterocycles. The number of ether oxygens (including phenoxy) is 1. The van der Waals surface area contributed by atoms with Crippen molar-refractivity contribution in [2.45, 2.75) is 23.8 Å². The van der Waals surface area contributed by atoms with E-state index in [1.807, 2.05) is 60.7 Å². The minimum Gasteiger partial charge on any atom is -0.467 e. The zero-order chi connectivity index (χ0) is 17.8. The number of carbonyl (C=O) groups excluding carboxylic acids is 1. The summed E-state index contributed by atoms with van der Waals surface area (Å²) in [6.45, 7) is 0.405. The summed E-state index contributed by atoms with van der Waals surface area (Å²) in [4.78, 5) is 26.3. The quantitative estimate of drug-likeness (QED) is 0.508. The zero-order valence-electron chi connectivity index (χ0n) is 14.0. The van der Waals surface area contributed by atoms with Gasteiger partial charge in [0.25, 0.3) is 6.04 Å². The highest BCUT2D eigenvalue weighted by molar-refractivity contribution is 7.81. The smallest absolute Gasteiger partial charge is 0.334 e. The number of esters is 1. The van der Waals surface area contributed by atoms with E-state index in [0.29, 0.717) is 13.0 Å². The fourth-order valence-electron chi connectivity index (χ4n) is 3.24. The van der Waals surface area contributed by atoms with Crippen molar-refractivity contribution in [1.29, 1.82) is 0 Å². The highest BCUT2D eigenvalue weighted by Crippen LogP contribution is 2.31. The van der Waals surface area contributed by atoms with Gasteiger partial charge in [0.05, 0.1) is 18.6 Å². The van der Waals surface area contributed by atoms with Crippen LogP contribution in [0.5, 0.6) is 0 Å². The molecular weight excluding hydrogens is 336 g/mol. The van der Waals surface area contributed by atoms with Gasteiger partial charge >= 0.3 is 5.97 Å². The number of benzene rings is 2. The summed E-state index contributed by atoms with van der Waals surface area (Å²) >= 11 is 4.47. The highest BCUT2D eigenvalue weighted by Gasteiger charge is 2.47. The zero-order valence-corrected chi connectivity index (χ0v) is 14.9. The van der Waals surface area contributed by atoms with E-state index in [1.165, 1.54) is 12.1 Å². The number of hydrogen-bond acceptors (Lipinski definition) is 4. The van der Waals surface area contributed by atoms with Crippen molar-refractivity contribution in [3.63, 3.8) is 0 Å². The molecule has 0 radical (unpaired) electrons. The Kier molecular flexibility index (Phi) is 5.38. The van der Waals surface area contributed by atoms with E-state index in [0.717, 1.165) is 16.0 Å². The number of hydrazine groups is 1. The molecule has 2 atom stereocenters. The van der Waals surface area contributed by atoms with E-state index in [-0.39, 0.29) is 5.25 Å². The van der Waals surface area contributed by atoms with E-state index in [2.05, 4.69) is 12.6 Å². The summed E-state index contributed by atoms with van der Waals surface area (Å²) in [5.74, 6) is -0.405. The maximum absolute atomic E-state index is 13.3. The molecule has 3 rings (SSSR count). The van der Waals surface area contributed by atoms with Crippen molar-refractivity contribution in [3.8, 4) is 0 Å². The predicted octanol–water partition coefficient (Wildman–Crippen LogP) is 3.02. The SMILES string of the molecule is COC(=O)C1CC(S)CN1[N+](=O)C(c1ccccc1)c1ccccc1. The normalized spacial score (nSPS) is 19.9. The fourth-order valence-corrected chi connectivity index (χ4v) is 3.60. The van der Waals surface area contributed by atoms with Gasteiger partial charge in [-0.1, -0.05) is 60.7 Å². The van der Waals surface area contributed by atoms with Gasteiger partial charge < -0.3 is 4.74 Å². The molecular formula is C19H21N2O3S+. The Morgan fingerprint density at radius 3 is 2.12 bits per heavy atom. The van der Waals surface area contributed by atoms with Gasteiger partial charge in [-0.3, -0.25) is 0 Å². The third-order valence-electron chi connectivity index (χ3n) is 4.43. The van der Waals surface area contributed by atoms with Gasteiger partial charge in [-0.25, -0.2) is 4.79 Å². The van der Waals surface area contributed by atoms with Crippen LogP contribution in [0.1, 0.15) is 23.6 Å². The van der Waals surface area contributed by atoms with Gasteiger partial charge in [0.15, 0.2) is 6.04 Å². The number of rotatable bonds is 5. The predicted molar refractivity (Wildman–Crippen MR) is 98.3 cm³/mol. The molecule has 0 bridgehead atoms. The minimum absolute atomic E-state index is 0.0484. The Morgan fingerprint density at radius 1 is 1.12 bits per heavy atom. The maximum Gasteiger partial charge on any atom is 0.334 e. The Balaban J connectivity index is 1.98. The van der Waals surface area contributed by atoms with Gasteiger partial charge in [0.1, 0.15) is 4.87 Å². The molecule has 6 heteroatoms. The van der Waals surface area contributed by atoms with Crippen LogP contribution in [0.25, 0.3) is 0 Å². The summed E-state index contributed by atoms with van der Waals surface area (Å²) in [6, 6.07) is 18.0. The molecule has 25 heavy (non-hydrogen) atoms. The van der Waals surface area contributed by atoms with E-state index < -0.39 is 18.1 Å². The molecule has 0 N–H and O–H groups in total. The van der Waals surface area contributed by atoms with Crippen LogP contribution in [0.15, 0.2) is 60.7 Å². The lowest BCUT2D eigenvalue weighted by molar-refractivity contribution is -0.734. The van der Waals surface area contributed by atoms with Crippen LogP contribution in [0.4, 0.5) is 0 Å². The van der Waals surface area contributed by atoms with Crippen molar-refractivity contribution in [2.24, 2.45) is 0 Å². The lowest BCUT2D eigenvalue weighted by atomic mass is 9.99.